The van der Waals surface area contributed by atoms with Gasteiger partial charge in [0.05, 0.1) is 92.8 Å². The SMILES string of the molecule is C#CCCS(=O)(=O)c1ccc2cc(O)ccc2c1.CC1(C)C(/C=C/c2cc(C(=O)NCC[NH3+])ccc2O)=[N+](CCCS(=O)(=O)[O-])c2ccccc21.CC1(C)C(/C=C/c2ccccc2O)=[N+](CCCS(=O)(=O)[O-])c2ccc(CN)cc21.Oc1c(Cl)cc(Cl)c(Cl)c1N=Nc1ccccc1.Oc1ccc2cc(Br)ccc2c1.[NH3+]CCCS(=O)(=O)c1ccc2cc(O)ccc2c1. The number of fused-ring (bicyclic) bond motifs is 5. The Hall–Kier alpha value is -11.4. The van der Waals surface area contributed by atoms with Gasteiger partial charge in [0.2, 0.25) is 11.4 Å². The smallest absolute Gasteiger partial charge is 0.251 e. The van der Waals surface area contributed by atoms with Crippen LogP contribution in [0.4, 0.5) is 22.7 Å². The fraction of sp³-hybridized carbons (Fsp3) is 0.211. The van der Waals surface area contributed by atoms with Crippen molar-refractivity contribution in [3.05, 3.63) is 296 Å². The van der Waals surface area contributed by atoms with E-state index in [9.17, 15) is 78.2 Å². The van der Waals surface area contributed by atoms with Crippen molar-refractivity contribution in [1.82, 2.24) is 5.32 Å². The zero-order valence-electron chi connectivity index (χ0n) is 70.3. The number of phenols is 6. The van der Waals surface area contributed by atoms with Gasteiger partial charge in [-0.2, -0.15) is 14.3 Å². The first-order valence-electron chi connectivity index (χ1n) is 40.1. The molecule has 0 fully saturated rings. The van der Waals surface area contributed by atoms with Crippen LogP contribution in [0.3, 0.4) is 0 Å². The van der Waals surface area contributed by atoms with Crippen molar-refractivity contribution in [2.45, 2.75) is 80.5 Å². The van der Waals surface area contributed by atoms with Gasteiger partial charge in [-0.25, -0.2) is 33.7 Å². The maximum absolute atomic E-state index is 12.3. The molecule has 2 aliphatic rings. The molecule has 0 unspecified atom stereocenters. The first kappa shape index (κ1) is 100. The van der Waals surface area contributed by atoms with Gasteiger partial charge in [0.1, 0.15) is 47.5 Å². The summed E-state index contributed by atoms with van der Waals surface area (Å²) >= 11 is 20.9. The van der Waals surface area contributed by atoms with Crippen molar-refractivity contribution in [2.24, 2.45) is 16.0 Å². The normalized spacial score (nSPS) is 13.3. The standard InChI is InChI=1S/C24H29N3O5S.C22H26N2O4S.C14H12O3S.C13H15NO3S.C12H7Cl3N2O.C10H7BrO/c1-24(2)19-6-3-4-7-20(19)27(14-5-15-33(30,31)32)22(24)11-9-17-16-18(8-10-21(17)28)23(29)26-13-12-25;1-22(2)18-14-16(15-23)8-10-19(18)24(12-5-13-29(26,27)28)21(22)11-9-17-6-3-4-7-20(17)25;1-2-3-8-18(16,17)14-7-5-11-9-13(15)6-4-12(11)10-14;14-6-1-7-18(16,17)13-5-3-10-8-12(15)4-2-11(10)9-13;13-8-6-9(14)12(18)11(10(8)15)17-16-7-4-2-1-3-5-7;11-9-3-1-8-6-10(12)4-2-7(8)5-9/h3-4,6-11,16H,5,12-15,25H2,1-2H3,(H2,26,29,30,31,32);3-4,6-11,14H,5,12-13,15,23H2,1-2H3,(H,26,27,28);1,4-7,9-10,15H,3,8H2;2-5,8-9,15H,1,6-7,14H2;1-6,18H;1-6,12H/p+2. The lowest BCUT2D eigenvalue weighted by molar-refractivity contribution is -0.437. The second kappa shape index (κ2) is 45.1. The number of para-hydroxylation sites is 2. The number of rotatable bonds is 25. The summed E-state index contributed by atoms with van der Waals surface area (Å²) in [6.45, 7) is 11.2. The van der Waals surface area contributed by atoms with Gasteiger partial charge >= 0.3 is 0 Å². The number of nitrogens with one attached hydrogen (secondary N) is 1. The number of carbonyl (C=O) groups excluding carboxylic acids is 1. The molecule has 25 nitrogen and oxygen atoms in total. The number of amides is 1. The molecule has 128 heavy (non-hydrogen) atoms. The van der Waals surface area contributed by atoms with E-state index in [0.29, 0.717) is 78.7 Å². The number of sulfone groups is 2. The molecule has 12 aromatic rings. The van der Waals surface area contributed by atoms with E-state index >= 15 is 0 Å². The molecule has 12 aromatic carbocycles. The largest absolute Gasteiger partial charge is 0.748 e. The van der Waals surface area contributed by atoms with Crippen LogP contribution in [0, 0.1) is 12.3 Å². The van der Waals surface area contributed by atoms with Crippen LogP contribution < -0.4 is 22.5 Å². The number of benzene rings is 12. The van der Waals surface area contributed by atoms with Crippen LogP contribution in [-0.2, 0) is 57.3 Å². The Labute approximate surface area is 768 Å². The van der Waals surface area contributed by atoms with Crippen LogP contribution in [-0.4, -0.2) is 156 Å². The number of phenolic OH excluding ortho intramolecular Hbond substituents is 6. The molecule has 2 aliphatic heterocycles. The van der Waals surface area contributed by atoms with Crippen molar-refractivity contribution < 1.29 is 98.8 Å². The molecule has 0 atom stereocenters. The molecule has 0 bridgehead atoms. The molecule has 0 aliphatic carbocycles. The second-order valence-corrected chi connectivity index (χ2v) is 39.9. The van der Waals surface area contributed by atoms with Gasteiger partial charge < -0.3 is 62.3 Å². The van der Waals surface area contributed by atoms with Crippen molar-refractivity contribution in [3.8, 4) is 46.8 Å². The average Bonchev–Trinajstić information content (AvgIpc) is 1.59. The second-order valence-electron chi connectivity index (χ2n) is 30.5. The molecule has 0 spiro atoms. The molecular formula is C95H98BrCl3N8O17S4+2. The minimum Gasteiger partial charge on any atom is -0.748 e. The number of quaternary nitrogens is 2. The van der Waals surface area contributed by atoms with Gasteiger partial charge in [-0.1, -0.05) is 148 Å². The zero-order valence-corrected chi connectivity index (χ0v) is 77.4. The van der Waals surface area contributed by atoms with E-state index < -0.39 is 51.4 Å². The highest BCUT2D eigenvalue weighted by Gasteiger charge is 2.45. The van der Waals surface area contributed by atoms with E-state index in [4.69, 9.17) is 47.0 Å². The zero-order chi connectivity index (χ0) is 93.5. The monoisotopic (exact) mass is 1930 g/mol. The molecule has 2 heterocycles. The Balaban J connectivity index is 0.000000178. The van der Waals surface area contributed by atoms with Crippen LogP contribution >= 0.6 is 50.7 Å². The highest BCUT2D eigenvalue weighted by molar-refractivity contribution is 9.10. The number of hydrogen-bond donors (Lipinski definition) is 10. The quantitative estimate of drug-likeness (QED) is 0.00835. The minimum absolute atomic E-state index is 0.0397. The molecule has 33 heteroatoms. The van der Waals surface area contributed by atoms with Gasteiger partial charge in [0.25, 0.3) is 5.91 Å². The number of nitrogens with zero attached hydrogens (tertiary/aromatic N) is 4. The van der Waals surface area contributed by atoms with Crippen molar-refractivity contribution in [1.29, 1.82) is 0 Å². The average molecular weight is 1940 g/mol. The van der Waals surface area contributed by atoms with E-state index in [1.54, 1.807) is 115 Å². The van der Waals surface area contributed by atoms with Crippen LogP contribution in [0.1, 0.15) is 91.6 Å². The van der Waals surface area contributed by atoms with E-state index in [-0.39, 0.29) is 102 Å². The summed E-state index contributed by atoms with van der Waals surface area (Å²) in [5, 5.41) is 74.4. The Kier molecular flexibility index (Phi) is 35.3. The van der Waals surface area contributed by atoms with Gasteiger partial charge in [0, 0.05) is 100 Å². The molecule has 1 amide bonds. The number of azo groups is 1. The maximum atomic E-state index is 12.3. The lowest BCUT2D eigenvalue weighted by atomic mass is 9.80. The minimum atomic E-state index is -4.30. The Bertz CT molecular complexity index is 6710. The predicted molar refractivity (Wildman–Crippen MR) is 507 cm³/mol. The Morgan fingerprint density at radius 3 is 1.53 bits per heavy atom. The number of allylic oxidation sites excluding steroid dienone is 2. The van der Waals surface area contributed by atoms with Gasteiger partial charge in [0.15, 0.2) is 36.8 Å². The van der Waals surface area contributed by atoms with Gasteiger partial charge in [-0.05, 0) is 199 Å². The fourth-order valence-corrected chi connectivity index (χ4v) is 18.5. The third-order valence-electron chi connectivity index (χ3n) is 20.5. The summed E-state index contributed by atoms with van der Waals surface area (Å²) in [4.78, 5) is 12.9. The summed E-state index contributed by atoms with van der Waals surface area (Å²) in [5.74, 6) is 1.95. The van der Waals surface area contributed by atoms with E-state index in [1.165, 1.54) is 24.3 Å². The number of terminal acetylenes is 1. The Morgan fingerprint density at radius 2 is 0.992 bits per heavy atom. The number of nitrogens with two attached hydrogens (primary N) is 1. The molecular weight excluding hydrogens is 1840 g/mol. The predicted octanol–water partition coefficient (Wildman–Crippen LogP) is 16.6. The Morgan fingerprint density at radius 1 is 0.508 bits per heavy atom. The fourth-order valence-electron chi connectivity index (χ4n) is 13.9. The molecule has 0 saturated heterocycles. The number of aromatic hydroxyl groups is 6. The van der Waals surface area contributed by atoms with Crippen molar-refractivity contribution >= 4 is 175 Å². The summed E-state index contributed by atoms with van der Waals surface area (Å²) in [6.07, 6.45) is 13.7. The third-order valence-corrected chi connectivity index (χ3v) is 27.1. The first-order chi connectivity index (χ1) is 60.6. The summed E-state index contributed by atoms with van der Waals surface area (Å²) in [7, 11) is -15.1. The number of carbonyl (C=O) groups is 1. The van der Waals surface area contributed by atoms with E-state index in [0.717, 1.165) is 76.3 Å². The van der Waals surface area contributed by atoms with E-state index in [2.05, 4.69) is 87.2 Å². The topological polar surface area (TPSA) is 445 Å². The van der Waals surface area contributed by atoms with Crippen LogP contribution in [0.15, 0.2) is 267 Å². The molecule has 15 N–H and O–H groups in total. The number of halogens is 4. The van der Waals surface area contributed by atoms with Crippen molar-refractivity contribution in [3.63, 3.8) is 0 Å². The maximum Gasteiger partial charge on any atom is 0.251 e. The molecule has 0 aromatic heterocycles. The molecule has 670 valence electrons. The lowest BCUT2D eigenvalue weighted by Crippen LogP contribution is -2.54. The first-order valence-corrected chi connectivity index (χ1v) is 48.5. The summed E-state index contributed by atoms with van der Waals surface area (Å²) in [5.41, 5.74) is 21.7. The molecule has 0 saturated carbocycles. The molecule has 14 rings (SSSR count). The molecule has 0 radical (unpaired) electrons. The summed E-state index contributed by atoms with van der Waals surface area (Å²) < 4.78 is 120. The third kappa shape index (κ3) is 27.6. The van der Waals surface area contributed by atoms with E-state index in [1.807, 2.05) is 114 Å². The summed E-state index contributed by atoms with van der Waals surface area (Å²) in [6, 6.07) is 66.7. The van der Waals surface area contributed by atoms with Crippen molar-refractivity contribution in [2.75, 3.05) is 55.7 Å². The number of hydrogen-bond acceptors (Lipinski definition) is 20. The highest BCUT2D eigenvalue weighted by Crippen LogP contribution is 2.46. The van der Waals surface area contributed by atoms with Gasteiger partial charge in [-0.3, -0.25) is 4.79 Å². The van der Waals surface area contributed by atoms with Gasteiger partial charge in [-0.15, -0.1) is 17.5 Å². The lowest BCUT2D eigenvalue weighted by Gasteiger charge is -2.16. The van der Waals surface area contributed by atoms with Crippen LogP contribution in [0.2, 0.25) is 15.1 Å². The van der Waals surface area contributed by atoms with Crippen LogP contribution in [0.25, 0.3) is 44.5 Å². The van der Waals surface area contributed by atoms with Crippen LogP contribution in [0.5, 0.6) is 34.5 Å². The highest BCUT2D eigenvalue weighted by atomic mass is 79.9.